The molecule has 15 rings (SSSR count). The normalized spacial score (nSPS) is 31.8. The van der Waals surface area contributed by atoms with Crippen LogP contribution >= 0.6 is 19.6 Å². The second-order valence-corrected chi connectivity index (χ2v) is 61.7. The molecule has 5 aromatic rings. The number of carbonyl (C=O) groups excluding carboxylic acids is 2. The molecule has 5 saturated carbocycles. The first-order valence-corrected chi connectivity index (χ1v) is 59.7. The summed E-state index contributed by atoms with van der Waals surface area (Å²) < 4.78 is 62.7. The third-order valence-electron chi connectivity index (χ3n) is 31.4. The number of nitrogens with one attached hydrogen (secondary N) is 2. The quantitative estimate of drug-likeness (QED) is 0.00687. The molecule has 1 unspecified atom stereocenters. The number of nitriles is 1. The van der Waals surface area contributed by atoms with Gasteiger partial charge in [0.15, 0.2) is 24.0 Å². The number of aliphatic imine (C=N–C) groups is 1. The molecule has 10 aliphatic rings. The molecule has 5 aliphatic carbocycles. The van der Waals surface area contributed by atoms with Crippen LogP contribution in [0.2, 0.25) is 54.4 Å². The summed E-state index contributed by atoms with van der Waals surface area (Å²) in [5, 5.41) is 48.1. The standard InChI is InChI=1S/C26H40N3O4P.C26H37N3O4Si.C20H23N3O4.C15H29O2Si.C9H15O2.C6H15ClSi.CH4.2U/c1-5-15-29(16-6-2)34(31-17-11-14-27)33-24-23-20(4)18-26(24,7-3)32-22(23)19-28-25(30)21-12-9-8-10-13-21;1-8-26-16-17(2)20(21(26)33-34(6,7)25(3,4)5)23(32-26)29-15-14-19(28-24(29)31)27-22(30)18-12-10-9-11-13-18;1-3-20-11-12(2)15(16(20)24)18(27-20)23-10-9-14(22-19(23)26)21-17(25)13-7-5-4-6-8-13;1-8-15-9-11(2)12(10-16-15)13(15)17-18(6,7)14(3,4)5;1-3-9-4-6(2)7(5-11-9)8(9)10;1-6(2,3)8(4,5)7;;;/h8-10,12-13,20,22-24H,5-7,11,15-19H2,1-4H3,(H,28,30);9-15,17,20-21,23H,8,16H2,1-7H3,(H,27,28,30,31);4-10,12,15-16,18,24H,3,11H2,1-2H3,(H,21,22,25,26);10-13H,8-9H2,1-7H3;5-8,10H,3-4H2,1-2H3;1-5H3;1H4;;/q;;;2*-1;;;;/p-1/t20-,22+,23+,24+,26+,34?;17-,20-,21+,23-,26+;12-,15-,16+,18-,20+;11-,12-,13+,15+;6-,7-,8+,9+;;;;/m11111..../s1. The third-order valence-corrected chi connectivity index (χ3v) is 47.2. The van der Waals surface area contributed by atoms with Crippen molar-refractivity contribution in [3.05, 3.63) is 166 Å². The Bertz CT molecular complexity index is 4800. The maximum absolute atomic E-state index is 13.1. The number of aliphatic hydroxyl groups excluding tert-OH is 2. The van der Waals surface area contributed by atoms with Crippen molar-refractivity contribution >= 4 is 73.0 Å². The summed E-state index contributed by atoms with van der Waals surface area (Å²) in [6.45, 7) is 66.2. The van der Waals surface area contributed by atoms with Crippen LogP contribution in [-0.4, -0.2) is 167 Å². The Morgan fingerprint density at radius 2 is 0.956 bits per heavy atom. The molecule has 5 aliphatic heterocycles. The van der Waals surface area contributed by atoms with E-state index in [1.165, 1.54) is 4.57 Å². The van der Waals surface area contributed by atoms with E-state index >= 15 is 0 Å². The van der Waals surface area contributed by atoms with Gasteiger partial charge in [-0.05, 0) is 184 Å². The topological polar surface area (TPSA) is 314 Å². The van der Waals surface area contributed by atoms with Crippen molar-refractivity contribution in [2.75, 3.05) is 36.9 Å². The van der Waals surface area contributed by atoms with Crippen molar-refractivity contribution in [3.8, 4) is 6.07 Å². The van der Waals surface area contributed by atoms with Crippen molar-refractivity contribution in [1.29, 1.82) is 5.26 Å². The van der Waals surface area contributed by atoms with Crippen LogP contribution in [0.25, 0.3) is 0 Å². The van der Waals surface area contributed by atoms with E-state index in [0.29, 0.717) is 83.4 Å². The number of halogens is 1. The fourth-order valence-corrected chi connectivity index (χ4v) is 25.0. The molecule has 4 N–H and O–H groups in total. The van der Waals surface area contributed by atoms with Crippen molar-refractivity contribution in [2.24, 2.45) is 64.2 Å². The number of hydrogen-bond acceptors (Lipinski definition) is 21. The summed E-state index contributed by atoms with van der Waals surface area (Å²) >= 11 is 6.15. The van der Waals surface area contributed by atoms with Crippen LogP contribution in [0.15, 0.2) is 130 Å². The molecular formula is C103H162ClN9O16PSi3U2-3. The number of ether oxygens (including phenoxy) is 5. The van der Waals surface area contributed by atoms with Gasteiger partial charge in [-0.1, -0.05) is 244 Å². The smallest absolute Gasteiger partial charge is 0.351 e. The molecule has 5 saturated heterocycles. The van der Waals surface area contributed by atoms with Crippen LogP contribution in [0.3, 0.4) is 0 Å². The Kier molecular flexibility index (Phi) is 42.8. The summed E-state index contributed by atoms with van der Waals surface area (Å²) in [6.07, 6.45) is 13.0. The summed E-state index contributed by atoms with van der Waals surface area (Å²) in [5.74, 6) is 2.76. The van der Waals surface area contributed by atoms with Crippen LogP contribution in [0.4, 0.5) is 11.6 Å². The summed E-state index contributed by atoms with van der Waals surface area (Å²) in [7, 11) is -6.43. The van der Waals surface area contributed by atoms with Gasteiger partial charge in [-0.25, -0.2) is 27.5 Å². The molecule has 24 atom stereocenters. The maximum Gasteiger partial charge on any atom is 0.351 e. The summed E-state index contributed by atoms with van der Waals surface area (Å²) in [5.41, 5.74) is -0.973. The average molecular weight is 2410 g/mol. The van der Waals surface area contributed by atoms with Gasteiger partial charge in [0.1, 0.15) is 30.2 Å². The summed E-state index contributed by atoms with van der Waals surface area (Å²) in [4.78, 5) is 62.8. The molecule has 2 aromatic heterocycles. The van der Waals surface area contributed by atoms with E-state index in [1.807, 2.05) is 43.9 Å². The second-order valence-electron chi connectivity index (χ2n) is 43.4. The van der Waals surface area contributed by atoms with E-state index < -0.39 is 73.7 Å². The fourth-order valence-electron chi connectivity index (χ4n) is 20.5. The van der Waals surface area contributed by atoms with Gasteiger partial charge >= 0.3 is 11.4 Å². The van der Waals surface area contributed by atoms with Gasteiger partial charge in [0.2, 0.25) is 0 Å². The van der Waals surface area contributed by atoms with Gasteiger partial charge in [0.25, 0.3) is 20.3 Å². The second kappa shape index (κ2) is 48.8. The van der Waals surface area contributed by atoms with E-state index in [1.54, 1.807) is 89.8 Å². The number of anilines is 2. The monoisotopic (exact) mass is 2410 g/mol. The van der Waals surface area contributed by atoms with Crippen LogP contribution in [0, 0.1) is 146 Å². The molecule has 0 radical (unpaired) electrons. The maximum atomic E-state index is 13.1. The van der Waals surface area contributed by atoms with Crippen molar-refractivity contribution in [2.45, 2.75) is 368 Å². The van der Waals surface area contributed by atoms with Crippen LogP contribution in [0.5, 0.6) is 0 Å². The Hall–Kier alpha value is -3.69. The minimum atomic E-state index is -2.04. The van der Waals surface area contributed by atoms with Crippen molar-refractivity contribution < 1.29 is 129 Å². The number of benzene rings is 3. The van der Waals surface area contributed by atoms with Gasteiger partial charge in [-0.2, -0.15) is 26.3 Å². The predicted octanol–water partition coefficient (Wildman–Crippen LogP) is 21.7. The molecule has 135 heavy (non-hydrogen) atoms. The number of hydrogen-bond donors (Lipinski definition) is 4. The van der Waals surface area contributed by atoms with E-state index in [0.717, 1.165) is 83.7 Å². The molecule has 2 amide bonds. The fraction of sp³-hybridized carbons (Fsp3) is 0.689. The summed E-state index contributed by atoms with van der Waals surface area (Å²) in [6, 6.07) is 32.2. The molecule has 10 fully saturated rings. The largest absolute Gasteiger partial charge is 0.858 e. The minimum Gasteiger partial charge on any atom is -0.858 e. The van der Waals surface area contributed by atoms with Gasteiger partial charge in [0.05, 0.1) is 78.1 Å². The minimum absolute atomic E-state index is 0. The first-order chi connectivity index (χ1) is 61.9. The number of aromatic nitrogens is 4. The van der Waals surface area contributed by atoms with Crippen LogP contribution in [0.1, 0.15) is 275 Å². The molecule has 0 spiro atoms. The number of carbonyl (C=O) groups is 2. The van der Waals surface area contributed by atoms with Gasteiger partial charge < -0.3 is 67.5 Å². The SMILES string of the molecule is C.CC(C)(C)[Si](C)(C)Cl.CCCN(CCC)P(OCCC#N)O[C@H]1[C@H]2[C@H](C)C[C@]1(CC)O[C@H]2CN=C([O-])c1ccccc1.CC[C@@]12C[C@@H](C)[C@@H]([C@H](n3ccc(NC(=O)c4ccccc4)nc3=O)O1)[C@@H]2O.CC[C@@]12C[C@@H](C)[C@@H]([C@H](n3ccc(NC(=O)c4ccccc4)nc3=O)O1)[C@@H]2O[Si](C)(C)C(C)(C)C.CC[C@@]12C[C@@H](C)[C@@H]([CH-]O1)[C@@H]2O.CC[C@@]12C[C@@H](C)[C@@H]([CH-]O1)[C@@H]2O[Si](C)(C)C(C)(C)C.[U].[U]. The Balaban J connectivity index is 0.000000232. The van der Waals surface area contributed by atoms with Gasteiger partial charge in [-0.15, -0.1) is 11.8 Å². The van der Waals surface area contributed by atoms with E-state index in [2.05, 4.69) is 221 Å². The number of aliphatic hydroxyl groups is 2. The number of amides is 2. The van der Waals surface area contributed by atoms with E-state index in [9.17, 15) is 34.5 Å². The molecule has 32 heteroatoms. The zero-order valence-electron chi connectivity index (χ0n) is 85.1. The van der Waals surface area contributed by atoms with Crippen molar-refractivity contribution in [3.63, 3.8) is 0 Å². The average Bonchev–Trinajstić information content (AvgIpc) is 1.48. The van der Waals surface area contributed by atoms with Crippen LogP contribution in [-0.2, 0) is 41.6 Å². The zero-order chi connectivity index (χ0) is 97.5. The van der Waals surface area contributed by atoms with Crippen LogP contribution < -0.4 is 27.1 Å². The zero-order valence-corrected chi connectivity index (χ0v) is 98.1. The predicted molar refractivity (Wildman–Crippen MR) is 537 cm³/mol. The number of fused-ring (bicyclic) bond motifs is 10. The Morgan fingerprint density at radius 1 is 0.563 bits per heavy atom. The number of nitrogens with zero attached hydrogens (tertiary/aromatic N) is 7. The molecule has 10 bridgehead atoms. The Labute approximate surface area is 864 Å². The van der Waals surface area contributed by atoms with E-state index in [-0.39, 0.29) is 180 Å². The molecule has 25 nitrogen and oxygen atoms in total. The van der Waals surface area contributed by atoms with Crippen molar-refractivity contribution in [1.82, 2.24) is 23.8 Å². The van der Waals surface area contributed by atoms with Gasteiger partial charge in [-0.3, -0.25) is 23.7 Å². The van der Waals surface area contributed by atoms with E-state index in [4.69, 9.17) is 57.9 Å². The Morgan fingerprint density at radius 3 is 1.36 bits per heavy atom. The van der Waals surface area contributed by atoms with Gasteiger partial charge in [0, 0.05) is 123 Å². The molecular weight excluding hydrogens is 2250 g/mol. The third kappa shape index (κ3) is 26.5. The number of rotatable bonds is 28. The molecule has 3 aromatic carbocycles. The first-order valence-electron chi connectivity index (χ1n) is 48.8. The first kappa shape index (κ1) is 118. The molecule has 7 heterocycles. The molecule has 750 valence electrons.